The van der Waals surface area contributed by atoms with Gasteiger partial charge in [-0.15, -0.1) is 12.4 Å². The average Bonchev–Trinajstić information content (AvgIpc) is 2.95. The Kier molecular flexibility index (Phi) is 5.26. The molecule has 6 nitrogen and oxygen atoms in total. The zero-order chi connectivity index (χ0) is 14.7. The van der Waals surface area contributed by atoms with Crippen LogP contribution >= 0.6 is 12.4 Å². The minimum Gasteiger partial charge on any atom is -0.497 e. The number of aromatic nitrogens is 2. The molecule has 0 radical (unpaired) electrons. The molecule has 1 saturated carbocycles. The van der Waals surface area contributed by atoms with Crippen molar-refractivity contribution in [2.24, 2.45) is 5.73 Å². The monoisotopic (exact) mass is 325 g/mol. The fourth-order valence-corrected chi connectivity index (χ4v) is 2.27. The molecule has 0 saturated heterocycles. The van der Waals surface area contributed by atoms with Gasteiger partial charge in [0.15, 0.2) is 5.82 Å². The number of nitrogens with two attached hydrogens (primary N) is 1. The summed E-state index contributed by atoms with van der Waals surface area (Å²) in [6, 6.07) is 7.44. The van der Waals surface area contributed by atoms with E-state index < -0.39 is 0 Å². The lowest BCUT2D eigenvalue weighted by atomic mass is 9.77. The summed E-state index contributed by atoms with van der Waals surface area (Å²) in [5.74, 6) is 2.77. The van der Waals surface area contributed by atoms with Crippen molar-refractivity contribution >= 4 is 12.4 Å². The molecule has 1 aromatic heterocycles. The molecule has 0 aliphatic heterocycles. The number of halogens is 1. The Labute approximate surface area is 135 Å². The number of ether oxygens (including phenoxy) is 2. The van der Waals surface area contributed by atoms with Crippen molar-refractivity contribution in [2.45, 2.75) is 31.2 Å². The second-order valence-corrected chi connectivity index (χ2v) is 5.30. The smallest absolute Gasteiger partial charge is 0.230 e. The van der Waals surface area contributed by atoms with E-state index in [1.807, 2.05) is 24.3 Å². The molecule has 1 aliphatic rings. The van der Waals surface area contributed by atoms with Gasteiger partial charge in [0.1, 0.15) is 11.5 Å². The van der Waals surface area contributed by atoms with Crippen molar-refractivity contribution in [3.63, 3.8) is 0 Å². The molecule has 22 heavy (non-hydrogen) atoms. The fraction of sp³-hybridized carbons (Fsp3) is 0.467. The van der Waals surface area contributed by atoms with Crippen LogP contribution in [0.25, 0.3) is 0 Å². The maximum absolute atomic E-state index is 6.16. The third-order valence-corrected chi connectivity index (χ3v) is 3.80. The maximum atomic E-state index is 6.16. The van der Waals surface area contributed by atoms with Gasteiger partial charge in [0.05, 0.1) is 25.7 Å². The Hall–Kier alpha value is -1.79. The predicted octanol–water partition coefficient (Wildman–Crippen LogP) is 2.46. The van der Waals surface area contributed by atoms with Gasteiger partial charge in [-0.25, -0.2) is 0 Å². The Morgan fingerprint density at radius 1 is 1.23 bits per heavy atom. The highest BCUT2D eigenvalue weighted by atomic mass is 35.5. The molecule has 7 heteroatoms. The van der Waals surface area contributed by atoms with Gasteiger partial charge < -0.3 is 19.7 Å². The molecule has 3 rings (SSSR count). The second kappa shape index (κ2) is 6.98. The first-order valence-electron chi connectivity index (χ1n) is 7.08. The number of hydrogen-bond acceptors (Lipinski definition) is 6. The molecule has 0 unspecified atom stereocenters. The van der Waals surface area contributed by atoms with E-state index in [1.54, 1.807) is 7.11 Å². The van der Waals surface area contributed by atoms with Crippen LogP contribution in [-0.2, 0) is 12.0 Å². The molecule has 1 aromatic carbocycles. The molecule has 0 spiro atoms. The van der Waals surface area contributed by atoms with Crippen molar-refractivity contribution in [3.05, 3.63) is 36.0 Å². The van der Waals surface area contributed by atoms with E-state index in [4.69, 9.17) is 19.7 Å². The summed E-state index contributed by atoms with van der Waals surface area (Å²) in [7, 11) is 1.63. The lowest BCUT2D eigenvalue weighted by Gasteiger charge is -2.34. The first kappa shape index (κ1) is 16.6. The summed E-state index contributed by atoms with van der Waals surface area (Å²) in [4.78, 5) is 4.36. The van der Waals surface area contributed by atoms with E-state index in [2.05, 4.69) is 10.1 Å². The van der Waals surface area contributed by atoms with Crippen LogP contribution in [0.5, 0.6) is 11.5 Å². The predicted molar refractivity (Wildman–Crippen MR) is 83.5 cm³/mol. The lowest BCUT2D eigenvalue weighted by Crippen LogP contribution is -2.44. The Bertz CT molecular complexity index is 596. The van der Waals surface area contributed by atoms with E-state index in [0.29, 0.717) is 24.7 Å². The van der Waals surface area contributed by atoms with Gasteiger partial charge in [-0.2, -0.15) is 4.98 Å². The number of methoxy groups -OCH3 is 1. The summed E-state index contributed by atoms with van der Waals surface area (Å²) < 4.78 is 15.9. The fourth-order valence-electron chi connectivity index (χ4n) is 2.27. The van der Waals surface area contributed by atoms with Crippen LogP contribution in [0.2, 0.25) is 0 Å². The zero-order valence-electron chi connectivity index (χ0n) is 12.4. The molecule has 0 amide bonds. The van der Waals surface area contributed by atoms with Gasteiger partial charge in [0, 0.05) is 0 Å². The molecular formula is C15H20ClN3O3. The van der Waals surface area contributed by atoms with Gasteiger partial charge >= 0.3 is 0 Å². The number of benzene rings is 1. The molecule has 2 aromatic rings. The zero-order valence-corrected chi connectivity index (χ0v) is 13.3. The molecule has 120 valence electrons. The van der Waals surface area contributed by atoms with Crippen molar-refractivity contribution in [1.82, 2.24) is 10.1 Å². The van der Waals surface area contributed by atoms with Crippen molar-refractivity contribution < 1.29 is 14.0 Å². The van der Waals surface area contributed by atoms with Gasteiger partial charge in [0.2, 0.25) is 5.89 Å². The van der Waals surface area contributed by atoms with Crippen LogP contribution in [0, 0.1) is 0 Å². The minimum absolute atomic E-state index is 0. The van der Waals surface area contributed by atoms with E-state index in [9.17, 15) is 0 Å². The maximum Gasteiger partial charge on any atom is 0.230 e. The van der Waals surface area contributed by atoms with Crippen LogP contribution in [0.15, 0.2) is 28.8 Å². The number of nitrogens with zero attached hydrogens (tertiary/aromatic N) is 2. The number of rotatable bonds is 6. The average molecular weight is 326 g/mol. The highest BCUT2D eigenvalue weighted by molar-refractivity contribution is 5.85. The van der Waals surface area contributed by atoms with E-state index in [0.717, 1.165) is 30.8 Å². The molecule has 2 N–H and O–H groups in total. The van der Waals surface area contributed by atoms with E-state index in [-0.39, 0.29) is 17.9 Å². The van der Waals surface area contributed by atoms with Crippen molar-refractivity contribution in [2.75, 3.05) is 13.7 Å². The highest BCUT2D eigenvalue weighted by Gasteiger charge is 2.38. The standard InChI is InChI=1S/C15H19N3O3.ClH/c1-19-11-3-5-12(6-4-11)20-10-7-13-17-14(18-21-13)15(16)8-2-9-15;/h3-6H,2,7-10,16H2,1H3;1H. The summed E-state index contributed by atoms with van der Waals surface area (Å²) in [6.45, 7) is 0.478. The largest absolute Gasteiger partial charge is 0.497 e. The summed E-state index contributed by atoms with van der Waals surface area (Å²) in [6.07, 6.45) is 3.54. The summed E-state index contributed by atoms with van der Waals surface area (Å²) in [5.41, 5.74) is 5.78. The van der Waals surface area contributed by atoms with Crippen molar-refractivity contribution in [1.29, 1.82) is 0 Å². The number of hydrogen-bond donors (Lipinski definition) is 1. The van der Waals surface area contributed by atoms with Gasteiger partial charge in [-0.3, -0.25) is 0 Å². The molecule has 1 fully saturated rings. The summed E-state index contributed by atoms with van der Waals surface area (Å²) in [5, 5.41) is 3.98. The Balaban J connectivity index is 0.00000176. The van der Waals surface area contributed by atoms with Gasteiger partial charge in [-0.05, 0) is 43.5 Å². The molecule has 0 bridgehead atoms. The first-order valence-corrected chi connectivity index (χ1v) is 7.08. The van der Waals surface area contributed by atoms with Gasteiger partial charge in [-0.1, -0.05) is 5.16 Å². The molecule has 1 aliphatic carbocycles. The Morgan fingerprint density at radius 3 is 2.50 bits per heavy atom. The SMILES string of the molecule is COc1ccc(OCCc2nc(C3(N)CCC3)no2)cc1.Cl. The molecule has 0 atom stereocenters. The third kappa shape index (κ3) is 3.51. The van der Waals surface area contributed by atoms with E-state index in [1.165, 1.54) is 0 Å². The third-order valence-electron chi connectivity index (χ3n) is 3.80. The van der Waals surface area contributed by atoms with E-state index >= 15 is 0 Å². The first-order chi connectivity index (χ1) is 10.2. The van der Waals surface area contributed by atoms with Crippen LogP contribution in [-0.4, -0.2) is 23.9 Å². The quantitative estimate of drug-likeness (QED) is 0.878. The minimum atomic E-state index is -0.376. The van der Waals surface area contributed by atoms with Crippen LogP contribution in [0.1, 0.15) is 31.0 Å². The molecular weight excluding hydrogens is 306 g/mol. The van der Waals surface area contributed by atoms with Crippen molar-refractivity contribution in [3.8, 4) is 11.5 Å². The lowest BCUT2D eigenvalue weighted by molar-refractivity contribution is 0.228. The van der Waals surface area contributed by atoms with Crippen LogP contribution in [0.4, 0.5) is 0 Å². The highest BCUT2D eigenvalue weighted by Crippen LogP contribution is 2.36. The van der Waals surface area contributed by atoms with Gasteiger partial charge in [0.25, 0.3) is 0 Å². The summed E-state index contributed by atoms with van der Waals surface area (Å²) >= 11 is 0. The van der Waals surface area contributed by atoms with Crippen LogP contribution in [0.3, 0.4) is 0 Å². The topological polar surface area (TPSA) is 83.4 Å². The molecule has 1 heterocycles. The normalized spacial score (nSPS) is 15.5. The Morgan fingerprint density at radius 2 is 1.91 bits per heavy atom. The second-order valence-electron chi connectivity index (χ2n) is 5.30. The van der Waals surface area contributed by atoms with Crippen LogP contribution < -0.4 is 15.2 Å².